The van der Waals surface area contributed by atoms with E-state index in [9.17, 15) is 4.79 Å². The van der Waals surface area contributed by atoms with Crippen molar-refractivity contribution in [1.82, 2.24) is 0 Å². The van der Waals surface area contributed by atoms with Crippen LogP contribution < -0.4 is 0 Å². The topological polar surface area (TPSA) is 26.3 Å². The zero-order chi connectivity index (χ0) is 12.0. The average Bonchev–Trinajstić information content (AvgIpc) is 2.31. The maximum Gasteiger partial charge on any atom is 0.164 e. The van der Waals surface area contributed by atoms with Crippen LogP contribution in [0.3, 0.4) is 0 Å². The summed E-state index contributed by atoms with van der Waals surface area (Å²) in [5.74, 6) is 1.10. The van der Waals surface area contributed by atoms with E-state index in [0.717, 1.165) is 44.4 Å². The lowest BCUT2D eigenvalue weighted by Crippen LogP contribution is -2.43. The van der Waals surface area contributed by atoms with Gasteiger partial charge in [-0.3, -0.25) is 4.79 Å². The Bertz CT molecular complexity index is 215. The van der Waals surface area contributed by atoms with E-state index in [1.165, 1.54) is 6.42 Å². The third kappa shape index (κ3) is 3.31. The van der Waals surface area contributed by atoms with Gasteiger partial charge in [0.2, 0.25) is 0 Å². The van der Waals surface area contributed by atoms with Gasteiger partial charge in [0, 0.05) is 13.5 Å². The Labute approximate surface area is 99.8 Å². The van der Waals surface area contributed by atoms with Crippen LogP contribution in [-0.2, 0) is 9.53 Å². The summed E-state index contributed by atoms with van der Waals surface area (Å²) in [6, 6.07) is 0. The zero-order valence-electron chi connectivity index (χ0n) is 11.1. The molecule has 2 nitrogen and oxygen atoms in total. The summed E-state index contributed by atoms with van der Waals surface area (Å²) in [6.45, 7) is 4.43. The number of rotatable bonds is 6. The van der Waals surface area contributed by atoms with Gasteiger partial charge in [-0.1, -0.05) is 26.7 Å². The van der Waals surface area contributed by atoms with Crippen molar-refractivity contribution in [2.45, 2.75) is 70.8 Å². The highest BCUT2D eigenvalue weighted by atomic mass is 16.5. The lowest BCUT2D eigenvalue weighted by Gasteiger charge is -2.37. The van der Waals surface area contributed by atoms with Crippen LogP contribution in [0, 0.1) is 5.92 Å². The van der Waals surface area contributed by atoms with Crippen molar-refractivity contribution in [2.24, 2.45) is 5.92 Å². The van der Waals surface area contributed by atoms with Crippen molar-refractivity contribution in [1.29, 1.82) is 0 Å². The fraction of sp³-hybridized carbons (Fsp3) is 0.929. The normalized spacial score (nSPS) is 30.3. The summed E-state index contributed by atoms with van der Waals surface area (Å²) in [4.78, 5) is 12.2. The van der Waals surface area contributed by atoms with Crippen LogP contribution in [0.1, 0.15) is 65.2 Å². The molecule has 1 fully saturated rings. The number of Topliss-reactive ketones (excluding diaryl/α,β-unsaturated/α-hetero) is 1. The molecule has 16 heavy (non-hydrogen) atoms. The number of carbonyl (C=O) groups is 1. The molecule has 0 heterocycles. The highest BCUT2D eigenvalue weighted by molar-refractivity contribution is 5.87. The molecule has 2 heteroatoms. The Kier molecular flexibility index (Phi) is 5.47. The fourth-order valence-electron chi connectivity index (χ4n) is 2.59. The summed E-state index contributed by atoms with van der Waals surface area (Å²) < 4.78 is 5.57. The molecule has 1 aliphatic carbocycles. The van der Waals surface area contributed by atoms with Gasteiger partial charge in [-0.15, -0.1) is 0 Å². The molecule has 0 amide bonds. The number of unbranched alkanes of at least 4 members (excludes halogenated alkanes) is 2. The minimum atomic E-state index is -0.430. The number of hydrogen-bond donors (Lipinski definition) is 0. The molecule has 0 radical (unpaired) electrons. The van der Waals surface area contributed by atoms with Crippen molar-refractivity contribution in [2.75, 3.05) is 7.11 Å². The zero-order valence-corrected chi connectivity index (χ0v) is 11.1. The van der Waals surface area contributed by atoms with Crippen LogP contribution in [0.4, 0.5) is 0 Å². The van der Waals surface area contributed by atoms with E-state index in [2.05, 4.69) is 13.8 Å². The molecular weight excluding hydrogens is 200 g/mol. The van der Waals surface area contributed by atoms with Gasteiger partial charge in [0.1, 0.15) is 5.60 Å². The Morgan fingerprint density at radius 1 is 1.31 bits per heavy atom. The number of hydrogen-bond acceptors (Lipinski definition) is 2. The molecule has 0 aliphatic heterocycles. The quantitative estimate of drug-likeness (QED) is 0.645. The lowest BCUT2D eigenvalue weighted by atomic mass is 9.76. The highest BCUT2D eigenvalue weighted by Gasteiger charge is 2.40. The Hall–Kier alpha value is -0.370. The molecule has 1 saturated carbocycles. The van der Waals surface area contributed by atoms with Crippen LogP contribution >= 0.6 is 0 Å². The standard InChI is InChI=1S/C14H26O2/c1-4-5-6-7-13(15)14(16-3)10-8-12(2)9-11-14/h12H,4-11H2,1-3H3. The predicted octanol–water partition coefficient (Wildman–Crippen LogP) is 3.73. The van der Waals surface area contributed by atoms with Crippen molar-refractivity contribution in [3.8, 4) is 0 Å². The summed E-state index contributed by atoms with van der Waals surface area (Å²) in [5, 5.41) is 0. The van der Waals surface area contributed by atoms with Crippen LogP contribution in [0.15, 0.2) is 0 Å². The smallest absolute Gasteiger partial charge is 0.164 e. The number of methoxy groups -OCH3 is 1. The summed E-state index contributed by atoms with van der Waals surface area (Å²) in [6.07, 6.45) is 8.17. The fourth-order valence-corrected chi connectivity index (χ4v) is 2.59. The molecular formula is C14H26O2. The van der Waals surface area contributed by atoms with E-state index in [1.54, 1.807) is 7.11 Å². The molecule has 0 aromatic carbocycles. The second-order valence-corrected chi connectivity index (χ2v) is 5.26. The molecule has 0 atom stereocenters. The second-order valence-electron chi connectivity index (χ2n) is 5.26. The van der Waals surface area contributed by atoms with Gasteiger partial charge >= 0.3 is 0 Å². The van der Waals surface area contributed by atoms with Crippen molar-refractivity contribution < 1.29 is 9.53 Å². The summed E-state index contributed by atoms with van der Waals surface area (Å²) >= 11 is 0. The third-order valence-electron chi connectivity index (χ3n) is 3.99. The Morgan fingerprint density at radius 2 is 1.94 bits per heavy atom. The van der Waals surface area contributed by atoms with Crippen molar-refractivity contribution in [3.63, 3.8) is 0 Å². The molecule has 1 rings (SSSR count). The van der Waals surface area contributed by atoms with Crippen molar-refractivity contribution >= 4 is 5.78 Å². The molecule has 0 saturated heterocycles. The number of ketones is 1. The minimum Gasteiger partial charge on any atom is -0.370 e. The second kappa shape index (κ2) is 6.39. The van der Waals surface area contributed by atoms with E-state index >= 15 is 0 Å². The van der Waals surface area contributed by atoms with E-state index < -0.39 is 5.60 Å². The molecule has 0 unspecified atom stereocenters. The Morgan fingerprint density at radius 3 is 2.44 bits per heavy atom. The monoisotopic (exact) mass is 226 g/mol. The molecule has 0 spiro atoms. The van der Waals surface area contributed by atoms with Crippen LogP contribution in [0.25, 0.3) is 0 Å². The van der Waals surface area contributed by atoms with E-state index in [0.29, 0.717) is 12.2 Å². The van der Waals surface area contributed by atoms with Crippen molar-refractivity contribution in [3.05, 3.63) is 0 Å². The van der Waals surface area contributed by atoms with Gasteiger partial charge in [0.15, 0.2) is 5.78 Å². The molecule has 0 bridgehead atoms. The van der Waals surface area contributed by atoms with E-state index in [-0.39, 0.29) is 0 Å². The molecule has 0 N–H and O–H groups in total. The molecule has 1 aliphatic rings. The van der Waals surface area contributed by atoms with Gasteiger partial charge in [-0.2, -0.15) is 0 Å². The lowest BCUT2D eigenvalue weighted by molar-refractivity contribution is -0.146. The molecule has 0 aromatic rings. The van der Waals surface area contributed by atoms with E-state index in [1.807, 2.05) is 0 Å². The van der Waals surface area contributed by atoms with Gasteiger partial charge in [-0.05, 0) is 38.0 Å². The first-order valence-corrected chi connectivity index (χ1v) is 6.73. The molecule has 94 valence electrons. The third-order valence-corrected chi connectivity index (χ3v) is 3.99. The number of ether oxygens (including phenoxy) is 1. The van der Waals surface area contributed by atoms with Crippen LogP contribution in [0.5, 0.6) is 0 Å². The average molecular weight is 226 g/mol. The summed E-state index contributed by atoms with van der Waals surface area (Å²) in [7, 11) is 1.70. The highest BCUT2D eigenvalue weighted by Crippen LogP contribution is 2.36. The van der Waals surface area contributed by atoms with Gasteiger partial charge in [0.25, 0.3) is 0 Å². The van der Waals surface area contributed by atoms with Crippen LogP contribution in [0.2, 0.25) is 0 Å². The van der Waals surface area contributed by atoms with E-state index in [4.69, 9.17) is 4.74 Å². The first kappa shape index (κ1) is 13.7. The SMILES string of the molecule is CCCCCC(=O)C1(OC)CCC(C)CC1. The van der Waals surface area contributed by atoms with Gasteiger partial charge in [0.05, 0.1) is 0 Å². The molecule has 0 aromatic heterocycles. The van der Waals surface area contributed by atoms with Gasteiger partial charge < -0.3 is 4.74 Å². The summed E-state index contributed by atoms with van der Waals surface area (Å²) in [5.41, 5.74) is -0.430. The maximum absolute atomic E-state index is 12.2. The Balaban J connectivity index is 2.48. The minimum absolute atomic E-state index is 0.343. The first-order valence-electron chi connectivity index (χ1n) is 6.73. The largest absolute Gasteiger partial charge is 0.370 e. The first-order chi connectivity index (χ1) is 7.64. The van der Waals surface area contributed by atoms with Crippen LogP contribution in [-0.4, -0.2) is 18.5 Å². The predicted molar refractivity (Wildman–Crippen MR) is 66.5 cm³/mol. The van der Waals surface area contributed by atoms with Gasteiger partial charge in [-0.25, -0.2) is 0 Å². The maximum atomic E-state index is 12.2. The number of carbonyl (C=O) groups excluding carboxylic acids is 1.